The highest BCUT2D eigenvalue weighted by molar-refractivity contribution is 6.16. The van der Waals surface area contributed by atoms with E-state index < -0.39 is 6.04 Å². The van der Waals surface area contributed by atoms with E-state index in [0.29, 0.717) is 42.2 Å². The van der Waals surface area contributed by atoms with Crippen LogP contribution in [0.5, 0.6) is 0 Å². The lowest BCUT2D eigenvalue weighted by Gasteiger charge is -2.38. The number of nitrogens with one attached hydrogen (secondary N) is 1. The van der Waals surface area contributed by atoms with Gasteiger partial charge in [-0.05, 0) is 54.7 Å². The zero-order valence-corrected chi connectivity index (χ0v) is 17.6. The summed E-state index contributed by atoms with van der Waals surface area (Å²) in [4.78, 5) is 41.7. The first kappa shape index (κ1) is 20.1. The highest BCUT2D eigenvalue weighted by Crippen LogP contribution is 2.41. The molecule has 2 aromatic rings. The maximum atomic E-state index is 13.0. The van der Waals surface area contributed by atoms with Gasteiger partial charge >= 0.3 is 0 Å². The van der Waals surface area contributed by atoms with Gasteiger partial charge in [0.05, 0.1) is 11.4 Å². The summed E-state index contributed by atoms with van der Waals surface area (Å²) in [6.07, 6.45) is 1.72. The summed E-state index contributed by atoms with van der Waals surface area (Å²) in [7, 11) is 0. The van der Waals surface area contributed by atoms with E-state index in [0.717, 1.165) is 17.7 Å². The molecule has 0 saturated carbocycles. The van der Waals surface area contributed by atoms with E-state index >= 15 is 0 Å². The molecule has 1 fully saturated rings. The molecule has 0 bridgehead atoms. The normalized spacial score (nSPS) is 17.9. The topological polar surface area (TPSA) is 69.7 Å². The molecule has 1 atom stereocenters. The SMILES string of the molecule is CCCN1C(=O)C2CCC(=O)N2c2ccc(C(=O)Nc3cccc(C(C)C)c3)cc21. The second-order valence-electron chi connectivity index (χ2n) is 8.25. The zero-order chi connectivity index (χ0) is 21.4. The molecular formula is C24H27N3O3. The van der Waals surface area contributed by atoms with Crippen LogP contribution in [0.25, 0.3) is 0 Å². The lowest BCUT2D eigenvalue weighted by Crippen LogP contribution is -2.52. The Kier molecular flexibility index (Phi) is 5.33. The van der Waals surface area contributed by atoms with E-state index in [2.05, 4.69) is 19.2 Å². The molecule has 3 amide bonds. The summed E-state index contributed by atoms with van der Waals surface area (Å²) < 4.78 is 0. The lowest BCUT2D eigenvalue weighted by atomic mass is 10.0. The molecule has 4 rings (SSSR count). The maximum absolute atomic E-state index is 13.0. The second kappa shape index (κ2) is 7.94. The Hall–Kier alpha value is -3.15. The van der Waals surface area contributed by atoms with Crippen molar-refractivity contribution in [1.82, 2.24) is 0 Å². The van der Waals surface area contributed by atoms with E-state index in [4.69, 9.17) is 0 Å². The highest BCUT2D eigenvalue weighted by atomic mass is 16.2. The minimum atomic E-state index is -0.421. The van der Waals surface area contributed by atoms with Gasteiger partial charge in [0.25, 0.3) is 5.91 Å². The molecule has 0 aliphatic carbocycles. The summed E-state index contributed by atoms with van der Waals surface area (Å²) in [5, 5.41) is 2.95. The van der Waals surface area contributed by atoms with Crippen molar-refractivity contribution in [2.24, 2.45) is 0 Å². The van der Waals surface area contributed by atoms with Gasteiger partial charge in [-0.1, -0.05) is 32.9 Å². The van der Waals surface area contributed by atoms with Crippen molar-refractivity contribution in [1.29, 1.82) is 0 Å². The number of nitrogens with zero attached hydrogens (tertiary/aromatic N) is 2. The van der Waals surface area contributed by atoms with E-state index in [1.165, 1.54) is 0 Å². The number of anilines is 3. The number of benzene rings is 2. The standard InChI is InChI=1S/C24H27N3O3/c1-4-12-26-21-14-17(23(29)25-18-7-5-6-16(13-18)15(2)3)8-9-19(21)27-20(24(26)30)10-11-22(27)28/h5-9,13-15,20H,4,10-12H2,1-3H3,(H,25,29). The molecule has 1 N–H and O–H groups in total. The number of hydrogen-bond donors (Lipinski definition) is 1. The molecule has 1 unspecified atom stereocenters. The van der Waals surface area contributed by atoms with Crippen LogP contribution in [0.1, 0.15) is 61.9 Å². The van der Waals surface area contributed by atoms with Crippen LogP contribution in [-0.4, -0.2) is 30.3 Å². The summed E-state index contributed by atoms with van der Waals surface area (Å²) in [6, 6.07) is 12.6. The van der Waals surface area contributed by atoms with Crippen molar-refractivity contribution in [3.8, 4) is 0 Å². The number of carbonyl (C=O) groups excluding carboxylic acids is 3. The van der Waals surface area contributed by atoms with Crippen LogP contribution < -0.4 is 15.1 Å². The Bertz CT molecular complexity index is 1010. The third-order valence-corrected chi connectivity index (χ3v) is 5.81. The third-order valence-electron chi connectivity index (χ3n) is 5.81. The molecule has 30 heavy (non-hydrogen) atoms. The van der Waals surface area contributed by atoms with E-state index in [1.54, 1.807) is 28.0 Å². The van der Waals surface area contributed by atoms with Gasteiger partial charge in [-0.15, -0.1) is 0 Å². The molecule has 6 nitrogen and oxygen atoms in total. The summed E-state index contributed by atoms with van der Waals surface area (Å²) in [5.41, 5.74) is 3.70. The third kappa shape index (κ3) is 3.47. The zero-order valence-electron chi connectivity index (χ0n) is 17.6. The Morgan fingerprint density at radius 1 is 1.13 bits per heavy atom. The molecule has 2 heterocycles. The van der Waals surface area contributed by atoms with Crippen molar-refractivity contribution in [3.05, 3.63) is 53.6 Å². The van der Waals surface area contributed by atoms with Gasteiger partial charge in [-0.3, -0.25) is 19.3 Å². The van der Waals surface area contributed by atoms with Crippen LogP contribution in [0.2, 0.25) is 0 Å². The Morgan fingerprint density at radius 3 is 2.67 bits per heavy atom. The summed E-state index contributed by atoms with van der Waals surface area (Å²) >= 11 is 0. The van der Waals surface area contributed by atoms with E-state index in [9.17, 15) is 14.4 Å². The molecule has 156 valence electrons. The molecule has 0 aromatic heterocycles. The monoisotopic (exact) mass is 405 g/mol. The summed E-state index contributed by atoms with van der Waals surface area (Å²) in [5.74, 6) is 0.0356. The maximum Gasteiger partial charge on any atom is 0.255 e. The lowest BCUT2D eigenvalue weighted by molar-refractivity contribution is -0.122. The van der Waals surface area contributed by atoms with Crippen LogP contribution >= 0.6 is 0 Å². The predicted molar refractivity (Wildman–Crippen MR) is 118 cm³/mol. The average Bonchev–Trinajstić information content (AvgIpc) is 3.12. The van der Waals surface area contributed by atoms with Crippen LogP contribution in [0.15, 0.2) is 42.5 Å². The van der Waals surface area contributed by atoms with E-state index in [1.807, 2.05) is 31.2 Å². The summed E-state index contributed by atoms with van der Waals surface area (Å²) in [6.45, 7) is 6.79. The molecular weight excluding hydrogens is 378 g/mol. The Labute approximate surface area is 176 Å². The smallest absolute Gasteiger partial charge is 0.255 e. The van der Waals surface area contributed by atoms with Crippen LogP contribution in [0, 0.1) is 0 Å². The van der Waals surface area contributed by atoms with Gasteiger partial charge in [-0.25, -0.2) is 0 Å². The second-order valence-corrected chi connectivity index (χ2v) is 8.25. The van der Waals surface area contributed by atoms with Gasteiger partial charge in [-0.2, -0.15) is 0 Å². The first-order valence-corrected chi connectivity index (χ1v) is 10.6. The molecule has 2 aromatic carbocycles. The Morgan fingerprint density at radius 2 is 1.93 bits per heavy atom. The van der Waals surface area contributed by atoms with Crippen LogP contribution in [-0.2, 0) is 9.59 Å². The molecule has 0 spiro atoms. The number of hydrogen-bond acceptors (Lipinski definition) is 3. The predicted octanol–water partition coefficient (Wildman–Crippen LogP) is 4.31. The minimum absolute atomic E-state index is 0.0338. The van der Waals surface area contributed by atoms with E-state index in [-0.39, 0.29) is 17.7 Å². The quantitative estimate of drug-likeness (QED) is 0.806. The largest absolute Gasteiger partial charge is 0.322 e. The van der Waals surface area contributed by atoms with Gasteiger partial charge in [0.2, 0.25) is 11.8 Å². The number of rotatable bonds is 5. The van der Waals surface area contributed by atoms with Crippen molar-refractivity contribution in [2.45, 2.75) is 52.0 Å². The molecule has 2 aliphatic rings. The first-order valence-electron chi connectivity index (χ1n) is 10.6. The van der Waals surface area contributed by atoms with Gasteiger partial charge < -0.3 is 10.2 Å². The minimum Gasteiger partial charge on any atom is -0.322 e. The van der Waals surface area contributed by atoms with Crippen molar-refractivity contribution >= 4 is 34.8 Å². The average molecular weight is 405 g/mol. The number of fused-ring (bicyclic) bond motifs is 3. The molecule has 0 radical (unpaired) electrons. The van der Waals surface area contributed by atoms with Gasteiger partial charge in [0.15, 0.2) is 0 Å². The highest BCUT2D eigenvalue weighted by Gasteiger charge is 2.44. The van der Waals surface area contributed by atoms with Crippen LogP contribution in [0.4, 0.5) is 17.1 Å². The molecule has 6 heteroatoms. The molecule has 1 saturated heterocycles. The van der Waals surface area contributed by atoms with Crippen LogP contribution in [0.3, 0.4) is 0 Å². The van der Waals surface area contributed by atoms with Gasteiger partial charge in [0.1, 0.15) is 6.04 Å². The van der Waals surface area contributed by atoms with Crippen molar-refractivity contribution < 1.29 is 14.4 Å². The number of amides is 3. The number of carbonyl (C=O) groups is 3. The van der Waals surface area contributed by atoms with Crippen molar-refractivity contribution in [2.75, 3.05) is 21.7 Å². The van der Waals surface area contributed by atoms with Gasteiger partial charge in [0, 0.05) is 24.2 Å². The van der Waals surface area contributed by atoms with Crippen molar-refractivity contribution in [3.63, 3.8) is 0 Å². The first-order chi connectivity index (χ1) is 14.4. The fraction of sp³-hybridized carbons (Fsp3) is 0.375. The Balaban J connectivity index is 1.67. The molecule has 2 aliphatic heterocycles. The fourth-order valence-corrected chi connectivity index (χ4v) is 4.24. The fourth-order valence-electron chi connectivity index (χ4n) is 4.24.